The zero-order chi connectivity index (χ0) is 14.7. The van der Waals surface area contributed by atoms with Gasteiger partial charge < -0.3 is 10.5 Å². The van der Waals surface area contributed by atoms with Crippen LogP contribution < -0.4 is 5.73 Å². The van der Waals surface area contributed by atoms with Crippen LogP contribution in [0.25, 0.3) is 10.1 Å². The molecule has 0 bridgehead atoms. The summed E-state index contributed by atoms with van der Waals surface area (Å²) in [5.41, 5.74) is 5.72. The molecule has 1 amide bonds. The fourth-order valence-corrected chi connectivity index (χ4v) is 3.72. The predicted octanol–water partition coefficient (Wildman–Crippen LogP) is 3.20. The second-order valence-corrected chi connectivity index (χ2v) is 6.12. The van der Waals surface area contributed by atoms with Crippen LogP contribution in [0.2, 0.25) is 0 Å². The summed E-state index contributed by atoms with van der Waals surface area (Å²) in [4.78, 5) is 11.5. The van der Waals surface area contributed by atoms with Crippen LogP contribution in [0.3, 0.4) is 0 Å². The Morgan fingerprint density at radius 3 is 3.00 bits per heavy atom. The van der Waals surface area contributed by atoms with Gasteiger partial charge in [-0.15, -0.1) is 23.1 Å². The number of carbonyl (C=O) groups excluding carboxylic acids is 1. The van der Waals surface area contributed by atoms with Gasteiger partial charge in [0.25, 0.3) is 0 Å². The van der Waals surface area contributed by atoms with E-state index in [0.29, 0.717) is 16.9 Å². The van der Waals surface area contributed by atoms with E-state index in [1.165, 1.54) is 11.8 Å². The number of benzene rings is 1. The molecular formula is C14H16FNO2S2. The first-order valence-corrected chi connectivity index (χ1v) is 8.28. The smallest absolute Gasteiger partial charge is 0.246 e. The number of rotatable bonds is 6. The van der Waals surface area contributed by atoms with E-state index in [4.69, 9.17) is 10.5 Å². The largest absolute Gasteiger partial charge is 0.368 e. The number of fused-ring (bicyclic) bond motifs is 1. The molecule has 2 rings (SSSR count). The Hall–Kier alpha value is -1.11. The lowest BCUT2D eigenvalue weighted by atomic mass is 10.1. The molecule has 0 aliphatic rings. The molecule has 0 radical (unpaired) electrons. The molecule has 2 N–H and O–H groups in total. The Morgan fingerprint density at radius 1 is 1.60 bits per heavy atom. The number of halogens is 1. The van der Waals surface area contributed by atoms with Crippen molar-refractivity contribution < 1.29 is 13.9 Å². The topological polar surface area (TPSA) is 52.3 Å². The standard InChI is InChI=1S/C14H16FNO2S2/c1-8(14(16)17)18-5-3-9-7-10-4-6-20-12(10)13(19-2)11(9)15/h4,6-8H,3,5H2,1-2H3,(H2,16,17). The van der Waals surface area contributed by atoms with Crippen molar-refractivity contribution in [2.24, 2.45) is 5.73 Å². The van der Waals surface area contributed by atoms with E-state index < -0.39 is 12.0 Å². The highest BCUT2D eigenvalue weighted by Crippen LogP contribution is 2.35. The zero-order valence-electron chi connectivity index (χ0n) is 11.3. The lowest BCUT2D eigenvalue weighted by Crippen LogP contribution is -2.28. The number of amides is 1. The van der Waals surface area contributed by atoms with Crippen LogP contribution >= 0.6 is 23.1 Å². The molecule has 1 atom stereocenters. The maximum absolute atomic E-state index is 14.4. The molecular weight excluding hydrogens is 297 g/mol. The molecule has 20 heavy (non-hydrogen) atoms. The summed E-state index contributed by atoms with van der Waals surface area (Å²) in [6.45, 7) is 1.86. The normalized spacial score (nSPS) is 12.8. The molecule has 6 heteroatoms. The third kappa shape index (κ3) is 3.13. The molecule has 1 aromatic heterocycles. The maximum Gasteiger partial charge on any atom is 0.246 e. The molecule has 3 nitrogen and oxygen atoms in total. The van der Waals surface area contributed by atoms with Crippen molar-refractivity contribution in [1.82, 2.24) is 0 Å². The summed E-state index contributed by atoms with van der Waals surface area (Å²) in [6, 6.07) is 3.83. The van der Waals surface area contributed by atoms with Crippen molar-refractivity contribution in [2.75, 3.05) is 12.9 Å². The number of hydrogen-bond donors (Lipinski definition) is 1. The monoisotopic (exact) mass is 313 g/mol. The van der Waals surface area contributed by atoms with Crippen molar-refractivity contribution in [3.8, 4) is 0 Å². The third-order valence-electron chi connectivity index (χ3n) is 3.06. The molecule has 108 valence electrons. The minimum Gasteiger partial charge on any atom is -0.368 e. The first-order chi connectivity index (χ1) is 9.54. The molecule has 1 aromatic carbocycles. The minimum atomic E-state index is -0.650. The molecule has 0 saturated heterocycles. The summed E-state index contributed by atoms with van der Waals surface area (Å²) in [5.74, 6) is -0.702. The van der Waals surface area contributed by atoms with Crippen molar-refractivity contribution in [3.05, 3.63) is 28.9 Å². The van der Waals surface area contributed by atoms with Crippen molar-refractivity contribution in [1.29, 1.82) is 0 Å². The zero-order valence-corrected chi connectivity index (χ0v) is 12.9. The first-order valence-electron chi connectivity index (χ1n) is 6.18. The Labute approximate surface area is 125 Å². The highest BCUT2D eigenvalue weighted by atomic mass is 32.2. The summed E-state index contributed by atoms with van der Waals surface area (Å²) in [6.07, 6.45) is 1.64. The maximum atomic E-state index is 14.4. The Bertz CT molecular complexity index is 627. The Balaban J connectivity index is 2.17. The van der Waals surface area contributed by atoms with Gasteiger partial charge in [-0.2, -0.15) is 0 Å². The van der Waals surface area contributed by atoms with E-state index in [1.807, 2.05) is 23.8 Å². The van der Waals surface area contributed by atoms with Gasteiger partial charge in [0.2, 0.25) is 5.91 Å². The Kier molecular flexibility index (Phi) is 5.01. The fraction of sp³-hybridized carbons (Fsp3) is 0.357. The summed E-state index contributed by atoms with van der Waals surface area (Å²) in [7, 11) is 0. The second-order valence-electron chi connectivity index (χ2n) is 4.39. The van der Waals surface area contributed by atoms with Gasteiger partial charge in [-0.3, -0.25) is 4.79 Å². The van der Waals surface area contributed by atoms with Crippen LogP contribution in [0.4, 0.5) is 4.39 Å². The van der Waals surface area contributed by atoms with Gasteiger partial charge >= 0.3 is 0 Å². The fourth-order valence-electron chi connectivity index (χ4n) is 1.91. The van der Waals surface area contributed by atoms with E-state index in [2.05, 4.69) is 0 Å². The van der Waals surface area contributed by atoms with Gasteiger partial charge in [0.1, 0.15) is 11.9 Å². The molecule has 1 heterocycles. The molecule has 1 unspecified atom stereocenters. The van der Waals surface area contributed by atoms with E-state index >= 15 is 0 Å². The molecule has 0 aliphatic carbocycles. The number of ether oxygens (including phenoxy) is 1. The summed E-state index contributed by atoms with van der Waals surface area (Å²) >= 11 is 2.95. The molecule has 0 saturated carbocycles. The molecule has 2 aromatic rings. The number of thioether (sulfide) groups is 1. The molecule has 0 spiro atoms. The quantitative estimate of drug-likeness (QED) is 0.833. The Morgan fingerprint density at radius 2 is 2.35 bits per heavy atom. The van der Waals surface area contributed by atoms with Crippen molar-refractivity contribution in [3.63, 3.8) is 0 Å². The van der Waals surface area contributed by atoms with Crippen molar-refractivity contribution in [2.45, 2.75) is 24.3 Å². The van der Waals surface area contributed by atoms with Gasteiger partial charge in [-0.05, 0) is 48.1 Å². The number of hydrogen-bond acceptors (Lipinski definition) is 4. The van der Waals surface area contributed by atoms with Crippen LogP contribution in [0.5, 0.6) is 0 Å². The van der Waals surface area contributed by atoms with Crippen molar-refractivity contribution >= 4 is 39.1 Å². The highest BCUT2D eigenvalue weighted by Gasteiger charge is 2.15. The van der Waals surface area contributed by atoms with Gasteiger partial charge in [0.05, 0.1) is 16.2 Å². The van der Waals surface area contributed by atoms with Crippen LogP contribution in [0, 0.1) is 5.82 Å². The lowest BCUT2D eigenvalue weighted by molar-refractivity contribution is -0.128. The van der Waals surface area contributed by atoms with Gasteiger partial charge in [-0.1, -0.05) is 0 Å². The van der Waals surface area contributed by atoms with Crippen LogP contribution in [-0.2, 0) is 16.0 Å². The van der Waals surface area contributed by atoms with Crippen LogP contribution in [0.15, 0.2) is 22.4 Å². The van der Waals surface area contributed by atoms with E-state index in [1.54, 1.807) is 18.3 Å². The number of carbonyl (C=O) groups is 1. The molecule has 0 aliphatic heterocycles. The van der Waals surface area contributed by atoms with Gasteiger partial charge in [-0.25, -0.2) is 4.39 Å². The minimum absolute atomic E-state index is 0.192. The highest BCUT2D eigenvalue weighted by molar-refractivity contribution is 7.99. The average molecular weight is 313 g/mol. The van der Waals surface area contributed by atoms with E-state index in [-0.39, 0.29) is 12.4 Å². The van der Waals surface area contributed by atoms with Crippen LogP contribution in [0.1, 0.15) is 12.5 Å². The van der Waals surface area contributed by atoms with E-state index in [0.717, 1.165) is 10.1 Å². The van der Waals surface area contributed by atoms with E-state index in [9.17, 15) is 9.18 Å². The number of primary amides is 1. The number of thiophene rings is 1. The van der Waals surface area contributed by atoms with Crippen LogP contribution in [-0.4, -0.2) is 24.9 Å². The molecule has 0 fully saturated rings. The lowest BCUT2D eigenvalue weighted by Gasteiger charge is -2.11. The summed E-state index contributed by atoms with van der Waals surface area (Å²) < 4.78 is 20.7. The SMILES string of the molecule is CSc1c(F)c(CCOC(C)C(N)=O)cc2ccsc12. The number of nitrogens with two attached hydrogens (primary N) is 1. The summed E-state index contributed by atoms with van der Waals surface area (Å²) in [5, 5.41) is 3.00. The predicted molar refractivity (Wildman–Crippen MR) is 81.9 cm³/mol. The van der Waals surface area contributed by atoms with Gasteiger partial charge in [0, 0.05) is 0 Å². The average Bonchev–Trinajstić information content (AvgIpc) is 2.86. The first kappa shape index (κ1) is 15.3. The second kappa shape index (κ2) is 6.56. The third-order valence-corrected chi connectivity index (χ3v) is 4.93. The van der Waals surface area contributed by atoms with Gasteiger partial charge in [0.15, 0.2) is 0 Å².